The van der Waals surface area contributed by atoms with E-state index in [0.29, 0.717) is 10.6 Å². The summed E-state index contributed by atoms with van der Waals surface area (Å²) in [7, 11) is 0. The van der Waals surface area contributed by atoms with Gasteiger partial charge in [-0.15, -0.1) is 5.10 Å². The van der Waals surface area contributed by atoms with Gasteiger partial charge in [-0.25, -0.2) is 0 Å². The van der Waals surface area contributed by atoms with Crippen molar-refractivity contribution in [3.63, 3.8) is 0 Å². The number of hydrogen-bond acceptors (Lipinski definition) is 3. The molecule has 2 aromatic rings. The second-order valence-electron chi connectivity index (χ2n) is 4.64. The summed E-state index contributed by atoms with van der Waals surface area (Å²) in [5.41, 5.74) is 12.6. The Hall–Kier alpha value is -2.92. The third kappa shape index (κ3) is 5.41. The average Bonchev–Trinajstić information content (AvgIpc) is 2.53. The van der Waals surface area contributed by atoms with E-state index >= 15 is 0 Å². The van der Waals surface area contributed by atoms with Crippen LogP contribution in [0.1, 0.15) is 21.5 Å². The lowest BCUT2D eigenvalue weighted by molar-refractivity contribution is 0.104. The molecule has 0 saturated heterocycles. The molecule has 0 spiro atoms. The maximum Gasteiger partial charge on any atom is 0.211 e. The molecule has 0 aromatic heterocycles. The summed E-state index contributed by atoms with van der Waals surface area (Å²) in [4.78, 5) is 12.0. The summed E-state index contributed by atoms with van der Waals surface area (Å²) in [5, 5.41) is 7.77. The van der Waals surface area contributed by atoms with Crippen molar-refractivity contribution in [2.45, 2.75) is 0 Å². The highest BCUT2D eigenvalue weighted by molar-refractivity contribution is 6.31. The van der Waals surface area contributed by atoms with Crippen LogP contribution in [-0.2, 0) is 0 Å². The number of halogens is 1. The monoisotopic (exact) mass is 326 g/mol. The summed E-state index contributed by atoms with van der Waals surface area (Å²) >= 11 is 5.87. The zero-order valence-electron chi connectivity index (χ0n) is 12.2. The number of rotatable bonds is 5. The number of guanidine groups is 1. The van der Waals surface area contributed by atoms with Gasteiger partial charge in [0.15, 0.2) is 5.78 Å². The molecule has 0 amide bonds. The van der Waals surface area contributed by atoms with Crippen molar-refractivity contribution in [2.24, 2.45) is 21.7 Å². The van der Waals surface area contributed by atoms with Crippen molar-refractivity contribution in [3.8, 4) is 0 Å². The predicted octanol–water partition coefficient (Wildman–Crippen LogP) is 2.84. The van der Waals surface area contributed by atoms with Crippen LogP contribution in [0.2, 0.25) is 5.02 Å². The van der Waals surface area contributed by atoms with Gasteiger partial charge in [0.1, 0.15) is 0 Å². The number of hydrogen-bond donors (Lipinski definition) is 2. The van der Waals surface area contributed by atoms with E-state index in [-0.39, 0.29) is 11.7 Å². The second-order valence-corrected chi connectivity index (χ2v) is 5.08. The zero-order chi connectivity index (χ0) is 16.7. The minimum atomic E-state index is -0.106. The zero-order valence-corrected chi connectivity index (χ0v) is 12.9. The minimum absolute atomic E-state index is 0.0969. The Morgan fingerprint density at radius 1 is 1.04 bits per heavy atom. The van der Waals surface area contributed by atoms with E-state index in [1.165, 1.54) is 12.3 Å². The molecule has 23 heavy (non-hydrogen) atoms. The molecule has 0 bridgehead atoms. The third-order valence-electron chi connectivity index (χ3n) is 2.85. The molecule has 0 aliphatic heterocycles. The summed E-state index contributed by atoms with van der Waals surface area (Å²) < 4.78 is 0. The smallest absolute Gasteiger partial charge is 0.211 e. The average molecular weight is 327 g/mol. The SMILES string of the molecule is NC(N)=N/N=C/c1ccc(/C=C/C(=O)c2cccc(Cl)c2)cc1. The lowest BCUT2D eigenvalue weighted by Crippen LogP contribution is -2.21. The van der Waals surface area contributed by atoms with Gasteiger partial charge >= 0.3 is 0 Å². The number of nitrogens with two attached hydrogens (primary N) is 2. The first-order valence-corrected chi connectivity index (χ1v) is 7.12. The van der Waals surface area contributed by atoms with Gasteiger partial charge < -0.3 is 11.5 Å². The standard InChI is InChI=1S/C17H15ClN4O/c18-15-3-1-2-14(10-15)16(23)9-8-12-4-6-13(7-5-12)11-21-22-17(19)20/h1-11H,(H4,19,20,22)/b9-8+,21-11+. The highest BCUT2D eigenvalue weighted by atomic mass is 35.5. The van der Waals surface area contributed by atoms with E-state index in [9.17, 15) is 4.79 Å². The van der Waals surface area contributed by atoms with Crippen molar-refractivity contribution >= 4 is 35.6 Å². The maximum atomic E-state index is 12.0. The molecule has 116 valence electrons. The maximum absolute atomic E-state index is 12.0. The molecule has 0 fully saturated rings. The summed E-state index contributed by atoms with van der Waals surface area (Å²) in [6, 6.07) is 14.2. The van der Waals surface area contributed by atoms with E-state index in [1.807, 2.05) is 24.3 Å². The van der Waals surface area contributed by atoms with Gasteiger partial charge in [-0.3, -0.25) is 4.79 Å². The van der Waals surface area contributed by atoms with Gasteiger partial charge in [0.2, 0.25) is 5.96 Å². The second kappa shape index (κ2) is 7.91. The molecular weight excluding hydrogens is 312 g/mol. The van der Waals surface area contributed by atoms with Crippen molar-refractivity contribution in [1.29, 1.82) is 0 Å². The number of ketones is 1. The number of carbonyl (C=O) groups is 1. The van der Waals surface area contributed by atoms with Crippen LogP contribution in [0.25, 0.3) is 6.08 Å². The highest BCUT2D eigenvalue weighted by Crippen LogP contribution is 2.12. The van der Waals surface area contributed by atoms with Gasteiger partial charge in [0.25, 0.3) is 0 Å². The molecule has 0 radical (unpaired) electrons. The first-order chi connectivity index (χ1) is 11.0. The van der Waals surface area contributed by atoms with E-state index in [0.717, 1.165) is 11.1 Å². The molecule has 0 aliphatic rings. The Balaban J connectivity index is 2.04. The normalized spacial score (nSPS) is 11.0. The lowest BCUT2D eigenvalue weighted by atomic mass is 10.1. The molecule has 0 unspecified atom stereocenters. The van der Waals surface area contributed by atoms with Crippen LogP contribution in [0, 0.1) is 0 Å². The van der Waals surface area contributed by atoms with Crippen molar-refractivity contribution in [2.75, 3.05) is 0 Å². The Kier molecular flexibility index (Phi) is 5.66. The Labute approximate surface area is 139 Å². The van der Waals surface area contributed by atoms with Crippen molar-refractivity contribution in [1.82, 2.24) is 0 Å². The van der Waals surface area contributed by atoms with E-state index < -0.39 is 0 Å². The van der Waals surface area contributed by atoms with E-state index in [4.69, 9.17) is 23.1 Å². The molecule has 2 aromatic carbocycles. The van der Waals surface area contributed by atoms with Crippen LogP contribution in [0.4, 0.5) is 0 Å². The first kappa shape index (κ1) is 16.5. The van der Waals surface area contributed by atoms with Crippen LogP contribution in [0.5, 0.6) is 0 Å². The third-order valence-corrected chi connectivity index (χ3v) is 3.09. The molecule has 0 saturated carbocycles. The molecule has 2 rings (SSSR count). The van der Waals surface area contributed by atoms with Crippen LogP contribution < -0.4 is 11.5 Å². The van der Waals surface area contributed by atoms with Crippen molar-refractivity contribution in [3.05, 3.63) is 76.3 Å². The lowest BCUT2D eigenvalue weighted by Gasteiger charge is -1.97. The van der Waals surface area contributed by atoms with Gasteiger partial charge in [-0.05, 0) is 29.3 Å². The quantitative estimate of drug-likeness (QED) is 0.291. The predicted molar refractivity (Wildman–Crippen MR) is 94.7 cm³/mol. The van der Waals surface area contributed by atoms with E-state index in [1.54, 1.807) is 30.3 Å². The van der Waals surface area contributed by atoms with Gasteiger partial charge in [0.05, 0.1) is 6.21 Å². The highest BCUT2D eigenvalue weighted by Gasteiger charge is 2.01. The van der Waals surface area contributed by atoms with Crippen LogP contribution in [0.15, 0.2) is 64.8 Å². The first-order valence-electron chi connectivity index (χ1n) is 6.74. The Morgan fingerprint density at radius 3 is 2.39 bits per heavy atom. The fraction of sp³-hybridized carbons (Fsp3) is 0. The summed E-state index contributed by atoms with van der Waals surface area (Å²) in [6.07, 6.45) is 4.78. The Bertz CT molecular complexity index is 775. The number of carbonyl (C=O) groups excluding carboxylic acids is 1. The Morgan fingerprint density at radius 2 is 1.74 bits per heavy atom. The van der Waals surface area contributed by atoms with Crippen LogP contribution >= 0.6 is 11.6 Å². The van der Waals surface area contributed by atoms with Crippen LogP contribution in [0.3, 0.4) is 0 Å². The molecule has 5 nitrogen and oxygen atoms in total. The molecular formula is C17H15ClN4O. The number of benzene rings is 2. The number of nitrogens with zero attached hydrogens (tertiary/aromatic N) is 2. The molecule has 4 N–H and O–H groups in total. The molecule has 0 aliphatic carbocycles. The van der Waals surface area contributed by atoms with Crippen molar-refractivity contribution < 1.29 is 4.79 Å². The molecule has 0 atom stereocenters. The number of allylic oxidation sites excluding steroid dienone is 1. The van der Waals surface area contributed by atoms with Gasteiger partial charge in [0, 0.05) is 10.6 Å². The minimum Gasteiger partial charge on any atom is -0.369 e. The van der Waals surface area contributed by atoms with Crippen LogP contribution in [-0.4, -0.2) is 18.0 Å². The van der Waals surface area contributed by atoms with Gasteiger partial charge in [-0.1, -0.05) is 54.1 Å². The fourth-order valence-corrected chi connectivity index (χ4v) is 1.96. The van der Waals surface area contributed by atoms with E-state index in [2.05, 4.69) is 10.2 Å². The molecule has 0 heterocycles. The topological polar surface area (TPSA) is 93.8 Å². The molecule has 6 heteroatoms. The largest absolute Gasteiger partial charge is 0.369 e. The van der Waals surface area contributed by atoms with Gasteiger partial charge in [-0.2, -0.15) is 5.10 Å². The fourth-order valence-electron chi connectivity index (χ4n) is 1.77. The summed E-state index contributed by atoms with van der Waals surface area (Å²) in [6.45, 7) is 0. The summed E-state index contributed by atoms with van der Waals surface area (Å²) in [5.74, 6) is -0.203.